The van der Waals surface area contributed by atoms with Gasteiger partial charge < -0.3 is 24.6 Å². The van der Waals surface area contributed by atoms with Crippen LogP contribution in [0.3, 0.4) is 0 Å². The highest BCUT2D eigenvalue weighted by Gasteiger charge is 2.49. The molecule has 1 saturated heterocycles. The molecule has 1 amide bonds. The number of methoxy groups -OCH3 is 2. The third kappa shape index (κ3) is 2.40. The smallest absolute Gasteiger partial charge is 0.408 e. The number of carbonyl (C=O) groups is 1. The maximum absolute atomic E-state index is 13.9. The van der Waals surface area contributed by atoms with Gasteiger partial charge in [0.05, 0.1) is 19.8 Å². The minimum Gasteiger partial charge on any atom is -0.508 e. The van der Waals surface area contributed by atoms with E-state index >= 15 is 0 Å². The summed E-state index contributed by atoms with van der Waals surface area (Å²) in [6.07, 6.45) is -0.960. The molecule has 1 aliphatic heterocycles. The van der Waals surface area contributed by atoms with Crippen LogP contribution in [0, 0.1) is 0 Å². The highest BCUT2D eigenvalue weighted by molar-refractivity contribution is 5.70. The van der Waals surface area contributed by atoms with Gasteiger partial charge in [-0.2, -0.15) is 0 Å². The maximum atomic E-state index is 13.9. The zero-order chi connectivity index (χ0) is 14.9. The minimum atomic E-state index is -3.34. The van der Waals surface area contributed by atoms with Crippen molar-refractivity contribution in [1.82, 2.24) is 5.32 Å². The van der Waals surface area contributed by atoms with Crippen LogP contribution in [0.5, 0.6) is 17.2 Å². The van der Waals surface area contributed by atoms with E-state index in [9.17, 15) is 18.7 Å². The highest BCUT2D eigenvalue weighted by Crippen LogP contribution is 2.44. The fourth-order valence-electron chi connectivity index (χ4n) is 2.00. The summed E-state index contributed by atoms with van der Waals surface area (Å²) >= 11 is 0. The number of phenolic OH excluding ortho intramolecular Hbond substituents is 1. The molecule has 20 heavy (non-hydrogen) atoms. The lowest BCUT2D eigenvalue weighted by Gasteiger charge is -2.33. The van der Waals surface area contributed by atoms with Crippen LogP contribution >= 0.6 is 0 Å². The predicted octanol–water partition coefficient (Wildman–Crippen LogP) is 1.83. The second-order valence-electron chi connectivity index (χ2n) is 4.18. The Morgan fingerprint density at radius 3 is 2.40 bits per heavy atom. The molecule has 2 N–H and O–H groups in total. The Labute approximate surface area is 113 Å². The van der Waals surface area contributed by atoms with Gasteiger partial charge in [0.15, 0.2) is 6.61 Å². The van der Waals surface area contributed by atoms with Gasteiger partial charge in [-0.3, -0.25) is 0 Å². The van der Waals surface area contributed by atoms with Crippen molar-refractivity contribution in [3.63, 3.8) is 0 Å². The van der Waals surface area contributed by atoms with E-state index in [2.05, 4.69) is 4.74 Å². The number of amides is 1. The van der Waals surface area contributed by atoms with Crippen LogP contribution in [0.4, 0.5) is 13.6 Å². The van der Waals surface area contributed by atoms with E-state index in [1.54, 1.807) is 0 Å². The molecule has 1 aromatic rings. The average Bonchev–Trinajstić information content (AvgIpc) is 2.40. The van der Waals surface area contributed by atoms with Gasteiger partial charge in [0, 0.05) is 12.1 Å². The quantitative estimate of drug-likeness (QED) is 0.887. The molecule has 2 rings (SSSR count). The van der Waals surface area contributed by atoms with Crippen LogP contribution < -0.4 is 14.8 Å². The van der Waals surface area contributed by atoms with Crippen LogP contribution in [0.2, 0.25) is 0 Å². The SMILES string of the molecule is COc1cc(O)cc(OC)c1[C@H]1NC(=O)OCC1(F)F. The Morgan fingerprint density at radius 1 is 1.35 bits per heavy atom. The second-order valence-corrected chi connectivity index (χ2v) is 4.18. The van der Waals surface area contributed by atoms with E-state index in [1.807, 2.05) is 5.32 Å². The van der Waals surface area contributed by atoms with Crippen molar-refractivity contribution in [2.45, 2.75) is 12.0 Å². The molecule has 1 fully saturated rings. The molecule has 0 unspecified atom stereocenters. The van der Waals surface area contributed by atoms with E-state index in [4.69, 9.17) is 9.47 Å². The lowest BCUT2D eigenvalue weighted by molar-refractivity contribution is -0.105. The van der Waals surface area contributed by atoms with Crippen LogP contribution in [0.25, 0.3) is 0 Å². The number of ether oxygens (including phenoxy) is 3. The lowest BCUT2D eigenvalue weighted by Crippen LogP contribution is -2.49. The number of rotatable bonds is 3. The number of nitrogens with one attached hydrogen (secondary N) is 1. The fraction of sp³-hybridized carbons (Fsp3) is 0.417. The average molecular weight is 289 g/mol. The number of aromatic hydroxyl groups is 1. The number of cyclic esters (lactones) is 1. The molecular formula is C12H13F2NO5. The first kappa shape index (κ1) is 14.2. The number of halogens is 2. The standard InChI is InChI=1S/C12H13F2NO5/c1-18-7-3-6(16)4-8(19-2)9(7)10-12(13,14)5-20-11(17)15-10/h3-4,10,16H,5H2,1-2H3,(H,15,17)/t10-/m1/s1. The number of phenols is 1. The first-order valence-corrected chi connectivity index (χ1v) is 5.65. The Hall–Kier alpha value is -2.25. The normalized spacial score (nSPS) is 20.8. The van der Waals surface area contributed by atoms with E-state index in [-0.39, 0.29) is 22.8 Å². The molecule has 8 heteroatoms. The van der Waals surface area contributed by atoms with Gasteiger partial charge in [-0.15, -0.1) is 0 Å². The van der Waals surface area contributed by atoms with Gasteiger partial charge in [0.25, 0.3) is 0 Å². The lowest BCUT2D eigenvalue weighted by atomic mass is 9.97. The van der Waals surface area contributed by atoms with Crippen molar-refractivity contribution < 1.29 is 32.9 Å². The first-order chi connectivity index (χ1) is 9.39. The molecular weight excluding hydrogens is 276 g/mol. The summed E-state index contributed by atoms with van der Waals surface area (Å²) in [5, 5.41) is 11.5. The third-order valence-electron chi connectivity index (χ3n) is 2.90. The molecule has 1 aliphatic rings. The van der Waals surface area contributed by atoms with Crippen molar-refractivity contribution in [3.8, 4) is 17.2 Å². The second kappa shape index (κ2) is 5.03. The monoisotopic (exact) mass is 289 g/mol. The molecule has 0 bridgehead atoms. The van der Waals surface area contributed by atoms with Gasteiger partial charge >= 0.3 is 12.0 Å². The molecule has 0 saturated carbocycles. The minimum absolute atomic E-state index is 0.0197. The number of hydrogen-bond acceptors (Lipinski definition) is 5. The summed E-state index contributed by atoms with van der Waals surface area (Å²) in [5.41, 5.74) is -0.0607. The van der Waals surface area contributed by atoms with Crippen molar-refractivity contribution >= 4 is 6.09 Å². The Kier molecular flexibility index (Phi) is 3.56. The first-order valence-electron chi connectivity index (χ1n) is 5.65. The van der Waals surface area contributed by atoms with E-state index in [0.29, 0.717) is 0 Å². The summed E-state index contributed by atoms with van der Waals surface area (Å²) in [7, 11) is 2.52. The topological polar surface area (TPSA) is 77.0 Å². The Bertz CT molecular complexity index is 510. The van der Waals surface area contributed by atoms with Gasteiger partial charge in [0.1, 0.15) is 23.3 Å². The summed E-state index contributed by atoms with van der Waals surface area (Å²) in [5.74, 6) is -3.59. The number of alkyl carbamates (subject to hydrolysis) is 1. The Morgan fingerprint density at radius 2 is 1.90 bits per heavy atom. The predicted molar refractivity (Wildman–Crippen MR) is 63.4 cm³/mol. The maximum Gasteiger partial charge on any atom is 0.408 e. The van der Waals surface area contributed by atoms with Gasteiger partial charge in [-0.1, -0.05) is 0 Å². The summed E-state index contributed by atoms with van der Waals surface area (Å²) in [4.78, 5) is 11.2. The number of alkyl halides is 2. The highest BCUT2D eigenvalue weighted by atomic mass is 19.3. The van der Waals surface area contributed by atoms with Crippen LogP contribution in [-0.4, -0.2) is 37.9 Å². The number of hydrogen-bond donors (Lipinski definition) is 2. The molecule has 1 atom stereocenters. The summed E-state index contributed by atoms with van der Waals surface area (Å²) in [6, 6.07) is 0.653. The number of benzene rings is 1. The van der Waals surface area contributed by atoms with Crippen LogP contribution in [0.15, 0.2) is 12.1 Å². The molecule has 0 radical (unpaired) electrons. The molecule has 1 heterocycles. The van der Waals surface area contributed by atoms with Gasteiger partial charge in [-0.05, 0) is 0 Å². The molecule has 110 valence electrons. The van der Waals surface area contributed by atoms with Crippen molar-refractivity contribution in [1.29, 1.82) is 0 Å². The largest absolute Gasteiger partial charge is 0.508 e. The zero-order valence-electron chi connectivity index (χ0n) is 10.8. The molecule has 1 aromatic carbocycles. The van der Waals surface area contributed by atoms with Crippen molar-refractivity contribution in [2.24, 2.45) is 0 Å². The molecule has 0 aliphatic carbocycles. The fourth-order valence-corrected chi connectivity index (χ4v) is 2.00. The summed E-state index contributed by atoms with van der Waals surface area (Å²) < 4.78 is 42.2. The van der Waals surface area contributed by atoms with E-state index in [1.165, 1.54) is 14.2 Å². The van der Waals surface area contributed by atoms with Crippen molar-refractivity contribution in [3.05, 3.63) is 17.7 Å². The van der Waals surface area contributed by atoms with Crippen LogP contribution in [0.1, 0.15) is 11.6 Å². The number of carbonyl (C=O) groups excluding carboxylic acids is 1. The molecule has 6 nitrogen and oxygen atoms in total. The molecule has 0 spiro atoms. The van der Waals surface area contributed by atoms with Crippen LogP contribution in [-0.2, 0) is 4.74 Å². The van der Waals surface area contributed by atoms with E-state index < -0.39 is 24.7 Å². The van der Waals surface area contributed by atoms with E-state index in [0.717, 1.165) is 12.1 Å². The third-order valence-corrected chi connectivity index (χ3v) is 2.90. The van der Waals surface area contributed by atoms with Gasteiger partial charge in [0.2, 0.25) is 0 Å². The van der Waals surface area contributed by atoms with Crippen molar-refractivity contribution in [2.75, 3.05) is 20.8 Å². The Balaban J connectivity index is 2.57. The van der Waals surface area contributed by atoms with Gasteiger partial charge in [-0.25, -0.2) is 13.6 Å². The zero-order valence-corrected chi connectivity index (χ0v) is 10.8. The summed E-state index contributed by atoms with van der Waals surface area (Å²) in [6.45, 7) is -1.04. The molecule has 0 aromatic heterocycles.